The molecular weight excluding hydrogens is 212 g/mol. The first-order valence-electron chi connectivity index (χ1n) is 6.16. The summed E-state index contributed by atoms with van der Waals surface area (Å²) >= 11 is 0. The van der Waals surface area contributed by atoms with Gasteiger partial charge in [0.1, 0.15) is 5.54 Å². The van der Waals surface area contributed by atoms with Crippen molar-refractivity contribution >= 4 is 5.91 Å². The van der Waals surface area contributed by atoms with Crippen molar-refractivity contribution in [2.75, 3.05) is 6.54 Å². The van der Waals surface area contributed by atoms with Crippen LogP contribution in [-0.4, -0.2) is 12.5 Å². The maximum atomic E-state index is 11.9. The summed E-state index contributed by atoms with van der Waals surface area (Å²) in [5.74, 6) is -0.207. The number of hydrogen-bond acceptors (Lipinski definition) is 2. The minimum absolute atomic E-state index is 0.106. The van der Waals surface area contributed by atoms with Crippen molar-refractivity contribution in [3.05, 3.63) is 35.9 Å². The molecule has 3 nitrogen and oxygen atoms in total. The lowest BCUT2D eigenvalue weighted by atomic mass is 9.79. The Morgan fingerprint density at radius 1 is 1.35 bits per heavy atom. The van der Waals surface area contributed by atoms with Gasteiger partial charge in [0.2, 0.25) is 5.91 Å². The first kappa shape index (κ1) is 13.7. The first-order valence-corrected chi connectivity index (χ1v) is 6.16. The van der Waals surface area contributed by atoms with Gasteiger partial charge in [-0.05, 0) is 24.4 Å². The molecule has 1 atom stereocenters. The summed E-state index contributed by atoms with van der Waals surface area (Å²) in [6, 6.07) is 9.71. The van der Waals surface area contributed by atoms with Gasteiger partial charge in [-0.25, -0.2) is 0 Å². The lowest BCUT2D eigenvalue weighted by molar-refractivity contribution is -0.126. The van der Waals surface area contributed by atoms with Gasteiger partial charge in [-0.2, -0.15) is 0 Å². The highest BCUT2D eigenvalue weighted by atomic mass is 16.1. The number of primary amides is 1. The fourth-order valence-electron chi connectivity index (χ4n) is 2.18. The summed E-state index contributed by atoms with van der Waals surface area (Å²) < 4.78 is 0. The second-order valence-corrected chi connectivity index (χ2v) is 4.62. The highest BCUT2D eigenvalue weighted by molar-refractivity contribution is 5.86. The van der Waals surface area contributed by atoms with Crippen LogP contribution in [-0.2, 0) is 10.3 Å². The van der Waals surface area contributed by atoms with Crippen LogP contribution in [0.25, 0.3) is 0 Å². The summed E-state index contributed by atoms with van der Waals surface area (Å²) in [6.45, 7) is 6.88. The average molecular weight is 234 g/mol. The second-order valence-electron chi connectivity index (χ2n) is 4.62. The Kier molecular flexibility index (Phi) is 4.70. The van der Waals surface area contributed by atoms with Crippen LogP contribution in [0.2, 0.25) is 0 Å². The number of amides is 1. The zero-order chi connectivity index (χ0) is 12.9. The summed E-state index contributed by atoms with van der Waals surface area (Å²) in [5, 5.41) is 3.32. The van der Waals surface area contributed by atoms with E-state index in [1.165, 1.54) is 0 Å². The van der Waals surface area contributed by atoms with E-state index in [2.05, 4.69) is 12.2 Å². The lowest BCUT2D eigenvalue weighted by Gasteiger charge is -2.36. The SMILES string of the molecule is CCCNC(C(N)=O)(c1ccccc1)C(C)C. The Bertz CT molecular complexity index is 362. The molecule has 0 heterocycles. The Hall–Kier alpha value is -1.35. The number of nitrogens with one attached hydrogen (secondary N) is 1. The van der Waals surface area contributed by atoms with Crippen molar-refractivity contribution in [2.24, 2.45) is 11.7 Å². The molecule has 1 aromatic rings. The molecule has 0 aliphatic carbocycles. The van der Waals surface area contributed by atoms with Gasteiger partial charge in [0.05, 0.1) is 0 Å². The van der Waals surface area contributed by atoms with Crippen molar-refractivity contribution in [1.29, 1.82) is 0 Å². The number of hydrogen-bond donors (Lipinski definition) is 2. The smallest absolute Gasteiger partial charge is 0.242 e. The largest absolute Gasteiger partial charge is 0.368 e. The van der Waals surface area contributed by atoms with Gasteiger partial charge in [-0.1, -0.05) is 51.1 Å². The molecule has 0 aromatic heterocycles. The fraction of sp³-hybridized carbons (Fsp3) is 0.500. The van der Waals surface area contributed by atoms with Crippen molar-refractivity contribution in [3.8, 4) is 0 Å². The van der Waals surface area contributed by atoms with E-state index in [-0.39, 0.29) is 11.8 Å². The fourth-order valence-corrected chi connectivity index (χ4v) is 2.18. The summed E-state index contributed by atoms with van der Waals surface area (Å²) in [5.41, 5.74) is 5.82. The third-order valence-corrected chi connectivity index (χ3v) is 3.14. The van der Waals surface area contributed by atoms with Gasteiger partial charge >= 0.3 is 0 Å². The quantitative estimate of drug-likeness (QED) is 0.791. The third kappa shape index (κ3) is 2.67. The Morgan fingerprint density at radius 3 is 2.35 bits per heavy atom. The molecule has 1 rings (SSSR count). The highest BCUT2D eigenvalue weighted by Gasteiger charge is 2.40. The number of carbonyl (C=O) groups is 1. The van der Waals surface area contributed by atoms with Crippen LogP contribution in [0.3, 0.4) is 0 Å². The van der Waals surface area contributed by atoms with Crippen LogP contribution < -0.4 is 11.1 Å². The van der Waals surface area contributed by atoms with E-state index in [0.717, 1.165) is 18.5 Å². The van der Waals surface area contributed by atoms with Gasteiger partial charge in [0, 0.05) is 0 Å². The number of carbonyl (C=O) groups excluding carboxylic acids is 1. The maximum absolute atomic E-state index is 11.9. The van der Waals surface area contributed by atoms with E-state index < -0.39 is 5.54 Å². The van der Waals surface area contributed by atoms with Gasteiger partial charge in [0.15, 0.2) is 0 Å². The molecule has 0 saturated carbocycles. The van der Waals surface area contributed by atoms with Crippen LogP contribution in [0, 0.1) is 5.92 Å². The first-order chi connectivity index (χ1) is 8.05. The Labute approximate surface area is 103 Å². The van der Waals surface area contributed by atoms with E-state index in [1.54, 1.807) is 0 Å². The molecule has 3 N–H and O–H groups in total. The summed E-state index contributed by atoms with van der Waals surface area (Å²) in [4.78, 5) is 11.9. The molecule has 0 bridgehead atoms. The van der Waals surface area contributed by atoms with Gasteiger partial charge < -0.3 is 5.73 Å². The van der Waals surface area contributed by atoms with Crippen LogP contribution in [0.4, 0.5) is 0 Å². The van der Waals surface area contributed by atoms with Crippen molar-refractivity contribution in [3.63, 3.8) is 0 Å². The van der Waals surface area contributed by atoms with E-state index >= 15 is 0 Å². The molecule has 17 heavy (non-hydrogen) atoms. The van der Waals surface area contributed by atoms with Crippen molar-refractivity contribution < 1.29 is 4.79 Å². The third-order valence-electron chi connectivity index (χ3n) is 3.14. The molecule has 0 fully saturated rings. The summed E-state index contributed by atoms with van der Waals surface area (Å²) in [7, 11) is 0. The van der Waals surface area contributed by atoms with Crippen LogP contribution >= 0.6 is 0 Å². The molecule has 0 aliphatic rings. The Balaban J connectivity index is 3.20. The standard InChI is InChI=1S/C14H22N2O/c1-4-10-16-14(11(2)3,13(15)17)12-8-6-5-7-9-12/h5-9,11,16H,4,10H2,1-3H3,(H2,15,17). The van der Waals surface area contributed by atoms with Crippen LogP contribution in [0.1, 0.15) is 32.8 Å². The minimum Gasteiger partial charge on any atom is -0.368 e. The number of rotatable bonds is 6. The molecule has 1 amide bonds. The lowest BCUT2D eigenvalue weighted by Crippen LogP contribution is -2.56. The normalized spacial score (nSPS) is 14.6. The molecular formula is C14H22N2O. The van der Waals surface area contributed by atoms with E-state index in [9.17, 15) is 4.79 Å². The number of benzene rings is 1. The van der Waals surface area contributed by atoms with Crippen molar-refractivity contribution in [2.45, 2.75) is 32.7 Å². The van der Waals surface area contributed by atoms with Gasteiger partial charge in [-0.3, -0.25) is 10.1 Å². The molecule has 0 radical (unpaired) electrons. The molecule has 0 saturated heterocycles. The molecule has 0 aliphatic heterocycles. The minimum atomic E-state index is -0.767. The predicted octanol–water partition coefficient (Wildman–Crippen LogP) is 2.02. The predicted molar refractivity (Wildman–Crippen MR) is 70.4 cm³/mol. The second kappa shape index (κ2) is 5.82. The van der Waals surface area contributed by atoms with Gasteiger partial charge in [0.25, 0.3) is 0 Å². The van der Waals surface area contributed by atoms with Crippen LogP contribution in [0.15, 0.2) is 30.3 Å². The van der Waals surface area contributed by atoms with Crippen molar-refractivity contribution in [1.82, 2.24) is 5.32 Å². The Morgan fingerprint density at radius 2 is 1.94 bits per heavy atom. The monoisotopic (exact) mass is 234 g/mol. The molecule has 3 heteroatoms. The zero-order valence-corrected chi connectivity index (χ0v) is 10.9. The maximum Gasteiger partial charge on any atom is 0.242 e. The van der Waals surface area contributed by atoms with E-state index in [1.807, 2.05) is 44.2 Å². The van der Waals surface area contributed by atoms with E-state index in [0.29, 0.717) is 0 Å². The molecule has 1 aromatic carbocycles. The molecule has 1 unspecified atom stereocenters. The highest BCUT2D eigenvalue weighted by Crippen LogP contribution is 2.29. The average Bonchev–Trinajstić information content (AvgIpc) is 2.30. The molecule has 0 spiro atoms. The number of nitrogens with two attached hydrogens (primary N) is 1. The zero-order valence-electron chi connectivity index (χ0n) is 10.9. The summed E-state index contributed by atoms with van der Waals surface area (Å²) in [6.07, 6.45) is 0.967. The van der Waals surface area contributed by atoms with Crippen LogP contribution in [0.5, 0.6) is 0 Å². The van der Waals surface area contributed by atoms with E-state index in [4.69, 9.17) is 5.73 Å². The topological polar surface area (TPSA) is 55.1 Å². The van der Waals surface area contributed by atoms with Gasteiger partial charge in [-0.15, -0.1) is 0 Å². The molecule has 94 valence electrons.